The van der Waals surface area contributed by atoms with Gasteiger partial charge in [0.25, 0.3) is 5.91 Å². The van der Waals surface area contributed by atoms with Gasteiger partial charge in [-0.2, -0.15) is 0 Å². The normalized spacial score (nSPS) is 14.6. The minimum absolute atomic E-state index is 0.108. The molecule has 1 saturated heterocycles. The van der Waals surface area contributed by atoms with Gasteiger partial charge in [0, 0.05) is 36.6 Å². The predicted molar refractivity (Wildman–Crippen MR) is 72.6 cm³/mol. The third kappa shape index (κ3) is 2.34. The highest BCUT2D eigenvalue weighted by Gasteiger charge is 2.21. The summed E-state index contributed by atoms with van der Waals surface area (Å²) in [6, 6.07) is 7.66. The van der Waals surface area contributed by atoms with E-state index < -0.39 is 0 Å². The molecule has 19 heavy (non-hydrogen) atoms. The summed E-state index contributed by atoms with van der Waals surface area (Å²) in [7, 11) is 0. The minimum Gasteiger partial charge on any atom is -0.339 e. The quantitative estimate of drug-likeness (QED) is 0.825. The number of nitrogens with zero attached hydrogens (tertiary/aromatic N) is 3. The molecule has 1 aromatic heterocycles. The lowest BCUT2D eigenvalue weighted by Gasteiger charge is -2.17. The summed E-state index contributed by atoms with van der Waals surface area (Å²) in [6.07, 6.45) is 7.17. The monoisotopic (exact) mass is 253 g/mol. The maximum Gasteiger partial charge on any atom is 0.254 e. The summed E-state index contributed by atoms with van der Waals surface area (Å²) in [6.45, 7) is 1.72. The molecule has 0 aliphatic carbocycles. The second-order valence-corrected chi connectivity index (χ2v) is 4.67. The van der Waals surface area contributed by atoms with E-state index in [-0.39, 0.29) is 5.91 Å². The summed E-state index contributed by atoms with van der Waals surface area (Å²) in [5.74, 6) is 0.108. The summed E-state index contributed by atoms with van der Waals surface area (Å²) in [4.78, 5) is 22.5. The fourth-order valence-corrected chi connectivity index (χ4v) is 2.45. The largest absolute Gasteiger partial charge is 0.339 e. The van der Waals surface area contributed by atoms with Crippen molar-refractivity contribution in [1.82, 2.24) is 14.9 Å². The smallest absolute Gasteiger partial charge is 0.254 e. The third-order valence-electron chi connectivity index (χ3n) is 3.42. The molecule has 0 radical (unpaired) electrons. The van der Waals surface area contributed by atoms with E-state index >= 15 is 0 Å². The number of benzene rings is 1. The summed E-state index contributed by atoms with van der Waals surface area (Å²) in [5.41, 5.74) is 2.52. The van der Waals surface area contributed by atoms with Gasteiger partial charge in [-0.3, -0.25) is 4.79 Å². The molecule has 0 bridgehead atoms. The van der Waals surface area contributed by atoms with Crippen LogP contribution in [0.25, 0.3) is 11.1 Å². The van der Waals surface area contributed by atoms with Gasteiger partial charge < -0.3 is 4.90 Å². The van der Waals surface area contributed by atoms with E-state index in [4.69, 9.17) is 0 Å². The third-order valence-corrected chi connectivity index (χ3v) is 3.42. The van der Waals surface area contributed by atoms with Crippen LogP contribution in [0, 0.1) is 0 Å². The highest BCUT2D eigenvalue weighted by Crippen LogP contribution is 2.24. The van der Waals surface area contributed by atoms with Gasteiger partial charge in [-0.15, -0.1) is 0 Å². The van der Waals surface area contributed by atoms with Crippen molar-refractivity contribution in [2.24, 2.45) is 0 Å². The Labute approximate surface area is 112 Å². The molecule has 0 saturated carbocycles. The van der Waals surface area contributed by atoms with Crippen LogP contribution in [-0.2, 0) is 0 Å². The highest BCUT2D eigenvalue weighted by atomic mass is 16.2. The molecular weight excluding hydrogens is 238 g/mol. The molecule has 1 amide bonds. The van der Waals surface area contributed by atoms with E-state index in [2.05, 4.69) is 9.97 Å². The number of rotatable bonds is 2. The van der Waals surface area contributed by atoms with Crippen LogP contribution in [0.2, 0.25) is 0 Å². The van der Waals surface area contributed by atoms with Gasteiger partial charge in [-0.1, -0.05) is 18.2 Å². The Kier molecular flexibility index (Phi) is 3.23. The number of likely N-dealkylation sites (tertiary alicyclic amines) is 1. The molecule has 0 N–H and O–H groups in total. The van der Waals surface area contributed by atoms with Crippen molar-refractivity contribution >= 4 is 5.91 Å². The number of carbonyl (C=O) groups is 1. The molecule has 0 atom stereocenters. The number of carbonyl (C=O) groups excluding carboxylic acids is 1. The number of hydrogen-bond donors (Lipinski definition) is 0. The molecule has 0 unspecified atom stereocenters. The topological polar surface area (TPSA) is 46.1 Å². The van der Waals surface area contributed by atoms with Crippen molar-refractivity contribution in [3.63, 3.8) is 0 Å². The molecule has 1 aromatic carbocycles. The van der Waals surface area contributed by atoms with Crippen molar-refractivity contribution in [3.8, 4) is 11.1 Å². The zero-order valence-corrected chi connectivity index (χ0v) is 10.6. The first-order valence-electron chi connectivity index (χ1n) is 6.50. The number of hydrogen-bond acceptors (Lipinski definition) is 3. The van der Waals surface area contributed by atoms with Gasteiger partial charge in [-0.25, -0.2) is 9.97 Å². The van der Waals surface area contributed by atoms with Gasteiger partial charge in [-0.05, 0) is 24.5 Å². The maximum atomic E-state index is 12.5. The zero-order chi connectivity index (χ0) is 13.1. The van der Waals surface area contributed by atoms with Crippen LogP contribution in [0.4, 0.5) is 0 Å². The molecule has 4 nitrogen and oxygen atoms in total. The Morgan fingerprint density at radius 3 is 2.47 bits per heavy atom. The standard InChI is InChI=1S/C15H15N3O/c19-15(18-7-3-4-8-18)14-6-2-1-5-13(14)12-9-16-11-17-10-12/h1-2,5-6,9-11H,3-4,7-8H2. The Morgan fingerprint density at radius 2 is 1.74 bits per heavy atom. The molecule has 2 aromatic rings. The predicted octanol–water partition coefficient (Wildman–Crippen LogP) is 2.38. The van der Waals surface area contributed by atoms with Crippen LogP contribution in [0.5, 0.6) is 0 Å². The Balaban J connectivity index is 2.00. The first kappa shape index (κ1) is 11.8. The molecule has 1 fully saturated rings. The molecule has 2 heterocycles. The van der Waals surface area contributed by atoms with Crippen LogP contribution in [0.15, 0.2) is 43.0 Å². The zero-order valence-electron chi connectivity index (χ0n) is 10.6. The van der Waals surface area contributed by atoms with E-state index in [0.717, 1.165) is 42.6 Å². The van der Waals surface area contributed by atoms with Crippen molar-refractivity contribution in [2.75, 3.05) is 13.1 Å². The van der Waals surface area contributed by atoms with Gasteiger partial charge >= 0.3 is 0 Å². The lowest BCUT2D eigenvalue weighted by Crippen LogP contribution is -2.28. The average Bonchev–Trinajstić information content (AvgIpc) is 3.02. The van der Waals surface area contributed by atoms with E-state index in [1.807, 2.05) is 29.2 Å². The van der Waals surface area contributed by atoms with E-state index in [1.165, 1.54) is 6.33 Å². The van der Waals surface area contributed by atoms with Crippen LogP contribution >= 0.6 is 0 Å². The summed E-state index contributed by atoms with van der Waals surface area (Å²) in [5, 5.41) is 0. The van der Waals surface area contributed by atoms with Gasteiger partial charge in [0.1, 0.15) is 6.33 Å². The van der Waals surface area contributed by atoms with Crippen LogP contribution in [0.3, 0.4) is 0 Å². The van der Waals surface area contributed by atoms with Crippen molar-refractivity contribution in [2.45, 2.75) is 12.8 Å². The lowest BCUT2D eigenvalue weighted by atomic mass is 10.0. The van der Waals surface area contributed by atoms with Crippen LogP contribution in [-0.4, -0.2) is 33.9 Å². The summed E-state index contributed by atoms with van der Waals surface area (Å²) >= 11 is 0. The molecular formula is C15H15N3O. The number of aromatic nitrogens is 2. The number of amides is 1. The second-order valence-electron chi connectivity index (χ2n) is 4.67. The first-order chi connectivity index (χ1) is 9.36. The van der Waals surface area contributed by atoms with Gasteiger partial charge in [0.05, 0.1) is 0 Å². The highest BCUT2D eigenvalue weighted by molar-refractivity contribution is 6.00. The molecule has 0 spiro atoms. The fourth-order valence-electron chi connectivity index (χ4n) is 2.45. The van der Waals surface area contributed by atoms with Gasteiger partial charge in [0.2, 0.25) is 0 Å². The minimum atomic E-state index is 0.108. The van der Waals surface area contributed by atoms with Gasteiger partial charge in [0.15, 0.2) is 0 Å². The Morgan fingerprint density at radius 1 is 1.05 bits per heavy atom. The lowest BCUT2D eigenvalue weighted by molar-refractivity contribution is 0.0793. The summed E-state index contributed by atoms with van der Waals surface area (Å²) < 4.78 is 0. The fraction of sp³-hybridized carbons (Fsp3) is 0.267. The SMILES string of the molecule is O=C(c1ccccc1-c1cncnc1)N1CCCC1. The molecule has 1 aliphatic rings. The van der Waals surface area contributed by atoms with Crippen molar-refractivity contribution < 1.29 is 4.79 Å². The van der Waals surface area contributed by atoms with Crippen molar-refractivity contribution in [3.05, 3.63) is 48.5 Å². The second kappa shape index (κ2) is 5.18. The van der Waals surface area contributed by atoms with E-state index in [9.17, 15) is 4.79 Å². The molecule has 4 heteroatoms. The molecule has 1 aliphatic heterocycles. The van der Waals surface area contributed by atoms with E-state index in [0.29, 0.717) is 0 Å². The Hall–Kier alpha value is -2.23. The first-order valence-corrected chi connectivity index (χ1v) is 6.50. The average molecular weight is 253 g/mol. The molecule has 3 rings (SSSR count). The van der Waals surface area contributed by atoms with Crippen LogP contribution in [0.1, 0.15) is 23.2 Å². The van der Waals surface area contributed by atoms with Crippen LogP contribution < -0.4 is 0 Å². The van der Waals surface area contributed by atoms with E-state index in [1.54, 1.807) is 12.4 Å². The van der Waals surface area contributed by atoms with Crippen molar-refractivity contribution in [1.29, 1.82) is 0 Å². The maximum absolute atomic E-state index is 12.5. The molecule has 96 valence electrons. The Bertz CT molecular complexity index is 577.